The molecule has 0 spiro atoms. The summed E-state index contributed by atoms with van der Waals surface area (Å²) < 4.78 is 33.2. The fourth-order valence-electron chi connectivity index (χ4n) is 3.96. The maximum absolute atomic E-state index is 13.5. The van der Waals surface area contributed by atoms with E-state index in [0.29, 0.717) is 6.61 Å². The van der Waals surface area contributed by atoms with Gasteiger partial charge in [0.05, 0.1) is 11.5 Å². The molecule has 3 fully saturated rings. The molecule has 3 heterocycles. The van der Waals surface area contributed by atoms with E-state index < -0.39 is 29.1 Å². The van der Waals surface area contributed by atoms with Crippen molar-refractivity contribution in [3.05, 3.63) is 30.3 Å². The lowest BCUT2D eigenvalue weighted by atomic mass is 10.1. The van der Waals surface area contributed by atoms with Gasteiger partial charge in [-0.05, 0) is 37.4 Å². The van der Waals surface area contributed by atoms with Crippen LogP contribution in [0.2, 0.25) is 18.6 Å². The normalized spacial score (nSPS) is 40.0. The maximum Gasteiger partial charge on any atom is 0.210 e. The molecule has 0 bridgehead atoms. The van der Waals surface area contributed by atoms with Crippen molar-refractivity contribution < 1.29 is 22.5 Å². The third kappa shape index (κ3) is 1.55. The molecule has 0 unspecified atom stereocenters. The van der Waals surface area contributed by atoms with E-state index in [1.165, 1.54) is 5.23 Å². The Hall–Kier alpha value is -0.773. The molecule has 0 amide bonds. The summed E-state index contributed by atoms with van der Waals surface area (Å²) in [6.45, 7) is 6.27. The fraction of sp³-hybridized carbons (Fsp3) is 0.571. The van der Waals surface area contributed by atoms with Gasteiger partial charge in [0, 0.05) is 5.54 Å². The molecule has 0 aliphatic carbocycles. The third-order valence-electron chi connectivity index (χ3n) is 4.99. The van der Waals surface area contributed by atoms with E-state index in [1.807, 2.05) is 6.92 Å². The van der Waals surface area contributed by atoms with Gasteiger partial charge < -0.3 is 4.43 Å². The zero-order valence-corrected chi connectivity index (χ0v) is 14.5. The van der Waals surface area contributed by atoms with Gasteiger partial charge in [-0.2, -0.15) is 0 Å². The van der Waals surface area contributed by atoms with Crippen LogP contribution in [0.15, 0.2) is 35.2 Å². The summed E-state index contributed by atoms with van der Waals surface area (Å²) in [7, 11) is -5.90. The maximum atomic E-state index is 13.5. The second-order valence-electron chi connectivity index (χ2n) is 6.63. The molecule has 4 atom stereocenters. The van der Waals surface area contributed by atoms with Crippen LogP contribution >= 0.6 is 0 Å². The Morgan fingerprint density at radius 2 is 1.95 bits per heavy atom. The average Bonchev–Trinajstić information content (AvgIpc) is 3.05. The molecule has 0 aromatic heterocycles. The lowest BCUT2D eigenvalue weighted by Crippen LogP contribution is -2.53. The molecule has 3 aliphatic heterocycles. The number of hydrogen-bond donors (Lipinski definition) is 0. The first kappa shape index (κ1) is 14.8. The largest absolute Gasteiger partial charge is 0.408 e. The van der Waals surface area contributed by atoms with E-state index in [4.69, 9.17) is 14.1 Å². The minimum atomic E-state index is -3.69. The highest BCUT2D eigenvalue weighted by atomic mass is 32.2. The Morgan fingerprint density at radius 3 is 2.64 bits per heavy atom. The summed E-state index contributed by atoms with van der Waals surface area (Å²) in [5, 5.41) is 1.22. The highest BCUT2D eigenvalue weighted by molar-refractivity contribution is 7.93. The van der Waals surface area contributed by atoms with Gasteiger partial charge >= 0.3 is 0 Å². The first-order valence-corrected chi connectivity index (χ1v) is 11.9. The van der Waals surface area contributed by atoms with E-state index in [0.717, 1.165) is 0 Å². The molecule has 4 rings (SSSR count). The van der Waals surface area contributed by atoms with Crippen LogP contribution in [0.25, 0.3) is 0 Å². The number of sulfone groups is 1. The van der Waals surface area contributed by atoms with E-state index in [2.05, 4.69) is 13.1 Å². The number of benzene rings is 1. The summed E-state index contributed by atoms with van der Waals surface area (Å²) in [5.74, 6) is 0. The lowest BCUT2D eigenvalue weighted by molar-refractivity contribution is -0.345. The van der Waals surface area contributed by atoms with E-state index in [9.17, 15) is 8.42 Å². The second-order valence-corrected chi connectivity index (χ2v) is 12.9. The molecule has 0 radical (unpaired) electrons. The van der Waals surface area contributed by atoms with Gasteiger partial charge in [-0.15, -0.1) is 0 Å². The molecule has 120 valence electrons. The summed E-state index contributed by atoms with van der Waals surface area (Å²) in [6, 6.07) is 8.51. The highest BCUT2D eigenvalue weighted by Crippen LogP contribution is 2.61. The molecular weight excluding hydrogens is 322 g/mol. The van der Waals surface area contributed by atoms with Crippen molar-refractivity contribution in [3.8, 4) is 0 Å². The zero-order valence-electron chi connectivity index (χ0n) is 12.7. The molecule has 3 saturated heterocycles. The number of rotatable bonds is 2. The van der Waals surface area contributed by atoms with E-state index >= 15 is 0 Å². The van der Waals surface area contributed by atoms with Crippen molar-refractivity contribution in [1.82, 2.24) is 5.23 Å². The fourth-order valence-corrected chi connectivity index (χ4v) is 10.5. The van der Waals surface area contributed by atoms with Crippen molar-refractivity contribution >= 4 is 18.2 Å². The van der Waals surface area contributed by atoms with Crippen LogP contribution in [0.4, 0.5) is 0 Å². The zero-order chi connectivity index (χ0) is 15.8. The second kappa shape index (κ2) is 4.40. The molecule has 0 N–H and O–H groups in total. The Labute approximate surface area is 130 Å². The van der Waals surface area contributed by atoms with Gasteiger partial charge in [0.25, 0.3) is 0 Å². The van der Waals surface area contributed by atoms with Crippen LogP contribution in [0, 0.1) is 0 Å². The molecule has 3 aliphatic rings. The van der Waals surface area contributed by atoms with E-state index in [-0.39, 0.29) is 16.5 Å². The predicted molar refractivity (Wildman–Crippen MR) is 80.8 cm³/mol. The van der Waals surface area contributed by atoms with Gasteiger partial charge in [0.2, 0.25) is 14.7 Å². The van der Waals surface area contributed by atoms with Crippen molar-refractivity contribution in [2.24, 2.45) is 0 Å². The van der Waals surface area contributed by atoms with Crippen LogP contribution in [0.3, 0.4) is 0 Å². The predicted octanol–water partition coefficient (Wildman–Crippen LogP) is 1.71. The topological polar surface area (TPSA) is 65.1 Å². The molecule has 8 heteroatoms. The monoisotopic (exact) mass is 341 g/mol. The number of hydrogen-bond acceptors (Lipinski definition) is 6. The van der Waals surface area contributed by atoms with Gasteiger partial charge in [0.15, 0.2) is 8.32 Å². The summed E-state index contributed by atoms with van der Waals surface area (Å²) in [6.07, 6.45) is -0.873. The van der Waals surface area contributed by atoms with Crippen LogP contribution in [0.1, 0.15) is 6.92 Å². The standard InChI is InChI=1S/C14H19NO5SSi/c1-10-13-14(21(16,17)11-7-5-4-6-8-11)12(22(2,3)20-13)9-18-15(14)19-10/h4-8,10,12-13H,9H2,1-3H3/t10-,12-,13+,14-/m1/s1. The third-order valence-corrected chi connectivity index (χ3v) is 10.8. The molecule has 22 heavy (non-hydrogen) atoms. The summed E-state index contributed by atoms with van der Waals surface area (Å²) in [4.78, 5) is 10.3. The summed E-state index contributed by atoms with van der Waals surface area (Å²) >= 11 is 0. The van der Waals surface area contributed by atoms with Gasteiger partial charge in [-0.3, -0.25) is 9.68 Å². The Balaban J connectivity index is 1.95. The molecule has 1 aromatic carbocycles. The number of nitrogens with zero attached hydrogens (tertiary/aromatic N) is 1. The smallest absolute Gasteiger partial charge is 0.210 e. The first-order chi connectivity index (χ1) is 10.3. The molecular formula is C14H19NO5SSi. The van der Waals surface area contributed by atoms with Gasteiger partial charge in [-0.25, -0.2) is 8.42 Å². The lowest BCUT2D eigenvalue weighted by Gasteiger charge is -2.30. The average molecular weight is 341 g/mol. The Bertz CT molecular complexity index is 709. The van der Waals surface area contributed by atoms with E-state index in [1.54, 1.807) is 30.3 Å². The minimum Gasteiger partial charge on any atom is -0.408 e. The Kier molecular flexibility index (Phi) is 2.96. The Morgan fingerprint density at radius 1 is 1.27 bits per heavy atom. The van der Waals surface area contributed by atoms with Crippen molar-refractivity contribution in [3.63, 3.8) is 0 Å². The van der Waals surface area contributed by atoms with Crippen molar-refractivity contribution in [1.29, 1.82) is 0 Å². The van der Waals surface area contributed by atoms with Crippen LogP contribution in [-0.4, -0.2) is 45.6 Å². The molecule has 6 nitrogen and oxygen atoms in total. The molecule has 0 saturated carbocycles. The van der Waals surface area contributed by atoms with Crippen molar-refractivity contribution in [2.75, 3.05) is 6.61 Å². The highest BCUT2D eigenvalue weighted by Gasteiger charge is 2.79. The summed E-state index contributed by atoms with van der Waals surface area (Å²) in [5.41, 5.74) is -0.180. The quantitative estimate of drug-likeness (QED) is 0.763. The number of hydroxylamine groups is 2. The van der Waals surface area contributed by atoms with Crippen LogP contribution in [0.5, 0.6) is 0 Å². The minimum absolute atomic E-state index is 0.180. The van der Waals surface area contributed by atoms with Crippen LogP contribution < -0.4 is 0 Å². The van der Waals surface area contributed by atoms with Crippen molar-refractivity contribution in [2.45, 2.75) is 47.5 Å². The SMILES string of the molecule is C[C@H]1ON2OC[C@@H]3[C@@]2(S(=O)(=O)c2ccccc2)[C@H]1O[Si]3(C)C. The molecule has 1 aromatic rings. The van der Waals surface area contributed by atoms with Crippen LogP contribution in [-0.2, 0) is 23.9 Å². The van der Waals surface area contributed by atoms with Gasteiger partial charge in [0.1, 0.15) is 12.2 Å². The van der Waals surface area contributed by atoms with Gasteiger partial charge in [-0.1, -0.05) is 18.2 Å². The first-order valence-electron chi connectivity index (χ1n) is 7.39.